The van der Waals surface area contributed by atoms with Crippen LogP contribution in [0.3, 0.4) is 0 Å². The lowest BCUT2D eigenvalue weighted by Crippen LogP contribution is -2.48. The molecule has 1 aliphatic rings. The molecule has 0 amide bonds. The molecule has 29 heavy (non-hydrogen) atoms. The first-order valence-corrected chi connectivity index (χ1v) is 10.5. The molecular formula is C26H40O3. The maximum atomic E-state index is 12.1. The lowest BCUT2D eigenvalue weighted by molar-refractivity contribution is -0.175. The van der Waals surface area contributed by atoms with Crippen molar-refractivity contribution in [2.75, 3.05) is 0 Å². The Morgan fingerprint density at radius 2 is 1.72 bits per heavy atom. The van der Waals surface area contributed by atoms with Crippen LogP contribution in [0.2, 0.25) is 0 Å². The van der Waals surface area contributed by atoms with Gasteiger partial charge < -0.3 is 9.84 Å². The van der Waals surface area contributed by atoms with Gasteiger partial charge >= 0.3 is 5.97 Å². The highest BCUT2D eigenvalue weighted by Crippen LogP contribution is 2.40. The van der Waals surface area contributed by atoms with E-state index in [1.54, 1.807) is 27.7 Å². The van der Waals surface area contributed by atoms with Gasteiger partial charge in [-0.2, -0.15) is 0 Å². The molecule has 0 saturated carbocycles. The summed E-state index contributed by atoms with van der Waals surface area (Å²) < 4.78 is 5.40. The van der Waals surface area contributed by atoms with Crippen LogP contribution < -0.4 is 0 Å². The molecule has 1 aliphatic carbocycles. The van der Waals surface area contributed by atoms with E-state index < -0.39 is 17.2 Å². The fraction of sp³-hybridized carbons (Fsp3) is 0.577. The minimum Gasteiger partial charge on any atom is -0.453 e. The zero-order valence-corrected chi connectivity index (χ0v) is 19.8. The number of hydrogen-bond acceptors (Lipinski definition) is 3. The normalized spacial score (nSPS) is 19.4. The van der Waals surface area contributed by atoms with Crippen molar-refractivity contribution < 1.29 is 14.6 Å². The van der Waals surface area contributed by atoms with E-state index in [0.717, 1.165) is 11.1 Å². The highest BCUT2D eigenvalue weighted by molar-refractivity contribution is 5.83. The zero-order chi connectivity index (χ0) is 22.5. The summed E-state index contributed by atoms with van der Waals surface area (Å²) in [5.41, 5.74) is 3.05. The third kappa shape index (κ3) is 7.81. The Morgan fingerprint density at radius 1 is 1.10 bits per heavy atom. The molecule has 162 valence electrons. The average Bonchev–Trinajstić information content (AvgIpc) is 2.51. The molecule has 0 unspecified atom stereocenters. The molecule has 1 N–H and O–H groups in total. The summed E-state index contributed by atoms with van der Waals surface area (Å²) >= 11 is 0. The SMILES string of the molecule is CC1=C(/C=C/C(C)=C/C=C/C(C)=C/C(=O)OC(C)(C)C(C)(C)O)C(C)(C)CCC1. The van der Waals surface area contributed by atoms with E-state index in [-0.39, 0.29) is 5.41 Å². The Labute approximate surface area is 177 Å². The Kier molecular flexibility index (Phi) is 8.47. The van der Waals surface area contributed by atoms with E-state index in [1.807, 2.05) is 25.2 Å². The summed E-state index contributed by atoms with van der Waals surface area (Å²) in [5.74, 6) is -0.457. The second-order valence-electron chi connectivity index (χ2n) is 9.91. The molecule has 0 radical (unpaired) electrons. The van der Waals surface area contributed by atoms with E-state index in [0.29, 0.717) is 0 Å². The van der Waals surface area contributed by atoms with Crippen LogP contribution in [0.5, 0.6) is 0 Å². The first kappa shape index (κ1) is 25.2. The minimum absolute atomic E-state index is 0.242. The van der Waals surface area contributed by atoms with Gasteiger partial charge in [-0.25, -0.2) is 4.79 Å². The highest BCUT2D eigenvalue weighted by atomic mass is 16.6. The molecule has 0 aromatic carbocycles. The predicted molar refractivity (Wildman–Crippen MR) is 123 cm³/mol. The fourth-order valence-electron chi connectivity index (χ4n) is 3.27. The van der Waals surface area contributed by atoms with Crippen molar-refractivity contribution >= 4 is 5.97 Å². The number of carbonyl (C=O) groups is 1. The summed E-state index contributed by atoms with van der Waals surface area (Å²) in [5, 5.41) is 10.1. The molecular weight excluding hydrogens is 360 g/mol. The number of esters is 1. The molecule has 0 spiro atoms. The van der Waals surface area contributed by atoms with Crippen molar-refractivity contribution in [1.82, 2.24) is 0 Å². The molecule has 0 bridgehead atoms. The summed E-state index contributed by atoms with van der Waals surface area (Å²) in [6, 6.07) is 0. The van der Waals surface area contributed by atoms with Gasteiger partial charge in [-0.05, 0) is 84.3 Å². The minimum atomic E-state index is -1.12. The predicted octanol–water partition coefficient (Wildman–Crippen LogP) is 6.61. The van der Waals surface area contributed by atoms with Gasteiger partial charge in [0.25, 0.3) is 0 Å². The third-order valence-electron chi connectivity index (χ3n) is 5.95. The Hall–Kier alpha value is -1.87. The van der Waals surface area contributed by atoms with Crippen LogP contribution in [0.4, 0.5) is 0 Å². The summed E-state index contributed by atoms with van der Waals surface area (Å²) in [4.78, 5) is 12.1. The maximum Gasteiger partial charge on any atom is 0.331 e. The lowest BCUT2D eigenvalue weighted by Gasteiger charge is -2.36. The number of aliphatic hydroxyl groups is 1. The van der Waals surface area contributed by atoms with Crippen LogP contribution in [0.1, 0.15) is 81.6 Å². The second-order valence-corrected chi connectivity index (χ2v) is 9.91. The monoisotopic (exact) mass is 400 g/mol. The molecule has 0 aromatic heterocycles. The van der Waals surface area contributed by atoms with Gasteiger partial charge in [0.2, 0.25) is 0 Å². The van der Waals surface area contributed by atoms with Crippen LogP contribution in [0, 0.1) is 5.41 Å². The Bertz CT molecular complexity index is 747. The van der Waals surface area contributed by atoms with E-state index >= 15 is 0 Å². The van der Waals surface area contributed by atoms with Gasteiger partial charge in [0.1, 0.15) is 5.60 Å². The van der Waals surface area contributed by atoms with Crippen LogP contribution in [0.25, 0.3) is 0 Å². The van der Waals surface area contributed by atoms with Gasteiger partial charge in [-0.3, -0.25) is 0 Å². The number of allylic oxidation sites excluding steroid dienone is 9. The van der Waals surface area contributed by atoms with Crippen LogP contribution in [-0.4, -0.2) is 22.3 Å². The number of hydrogen-bond donors (Lipinski definition) is 1. The van der Waals surface area contributed by atoms with Crippen LogP contribution in [0.15, 0.2) is 58.7 Å². The van der Waals surface area contributed by atoms with Gasteiger partial charge in [-0.1, -0.05) is 55.4 Å². The number of rotatable bonds is 7. The smallest absolute Gasteiger partial charge is 0.331 e. The second kappa shape index (κ2) is 9.75. The van der Waals surface area contributed by atoms with Crippen molar-refractivity contribution in [3.8, 4) is 0 Å². The molecule has 1 rings (SSSR count). The summed E-state index contributed by atoms with van der Waals surface area (Å²) in [7, 11) is 0. The fourth-order valence-corrected chi connectivity index (χ4v) is 3.27. The zero-order valence-electron chi connectivity index (χ0n) is 19.8. The Balaban J connectivity index is 2.76. The molecule has 0 atom stereocenters. The summed E-state index contributed by atoms with van der Waals surface area (Å²) in [6.07, 6.45) is 15.4. The van der Waals surface area contributed by atoms with E-state index in [9.17, 15) is 9.90 Å². The average molecular weight is 401 g/mol. The van der Waals surface area contributed by atoms with Crippen molar-refractivity contribution in [3.05, 3.63) is 58.7 Å². The number of ether oxygens (including phenoxy) is 1. The topological polar surface area (TPSA) is 46.5 Å². The lowest BCUT2D eigenvalue weighted by atomic mass is 9.72. The van der Waals surface area contributed by atoms with Gasteiger partial charge in [0.15, 0.2) is 0 Å². The molecule has 0 aromatic rings. The first-order chi connectivity index (χ1) is 13.2. The Morgan fingerprint density at radius 3 is 2.28 bits per heavy atom. The van der Waals surface area contributed by atoms with E-state index in [1.165, 1.54) is 36.5 Å². The molecule has 3 nitrogen and oxygen atoms in total. The quantitative estimate of drug-likeness (QED) is 0.297. The largest absolute Gasteiger partial charge is 0.453 e. The molecule has 3 heteroatoms. The highest BCUT2D eigenvalue weighted by Gasteiger charge is 2.38. The van der Waals surface area contributed by atoms with E-state index in [4.69, 9.17) is 4.74 Å². The summed E-state index contributed by atoms with van der Waals surface area (Å²) in [6.45, 7) is 17.5. The third-order valence-corrected chi connectivity index (χ3v) is 5.95. The maximum absolute atomic E-state index is 12.1. The van der Waals surface area contributed by atoms with Crippen molar-refractivity contribution in [2.24, 2.45) is 5.41 Å². The van der Waals surface area contributed by atoms with Gasteiger partial charge in [0.05, 0.1) is 5.60 Å². The molecule has 0 saturated heterocycles. The number of carbonyl (C=O) groups excluding carboxylic acids is 1. The molecule has 0 aliphatic heterocycles. The van der Waals surface area contributed by atoms with Crippen LogP contribution in [-0.2, 0) is 9.53 Å². The van der Waals surface area contributed by atoms with E-state index in [2.05, 4.69) is 39.8 Å². The van der Waals surface area contributed by atoms with Crippen molar-refractivity contribution in [1.29, 1.82) is 0 Å². The van der Waals surface area contributed by atoms with Gasteiger partial charge in [-0.15, -0.1) is 0 Å². The molecule has 0 heterocycles. The van der Waals surface area contributed by atoms with Crippen LogP contribution >= 0.6 is 0 Å². The molecule has 0 fully saturated rings. The van der Waals surface area contributed by atoms with Crippen molar-refractivity contribution in [3.63, 3.8) is 0 Å². The standard InChI is InChI=1S/C26H40O3/c1-19(15-16-22-21(3)14-11-17-24(22,4)5)12-10-13-20(2)18-23(27)29-26(8,9)25(6,7)28/h10,12-13,15-16,18,28H,11,14,17H2,1-9H3/b13-10+,16-15+,19-12+,20-18+. The van der Waals surface area contributed by atoms with Crippen molar-refractivity contribution in [2.45, 2.75) is 92.8 Å². The van der Waals surface area contributed by atoms with Gasteiger partial charge in [0, 0.05) is 6.08 Å². The first-order valence-electron chi connectivity index (χ1n) is 10.5.